The van der Waals surface area contributed by atoms with Crippen LogP contribution in [0, 0.1) is 0 Å². The first-order valence-electron chi connectivity index (χ1n) is 25.2. The van der Waals surface area contributed by atoms with Crippen molar-refractivity contribution in [2.24, 2.45) is 0 Å². The summed E-state index contributed by atoms with van der Waals surface area (Å²) in [6.45, 7) is 6.13. The zero-order chi connectivity index (χ0) is 47.2. The van der Waals surface area contributed by atoms with Gasteiger partial charge in [-0.2, -0.15) is 0 Å². The van der Waals surface area contributed by atoms with Crippen LogP contribution in [0.1, 0.15) is 175 Å². The maximum Gasteiger partial charge on any atom is 0.306 e. The molecular weight excluding hydrogens is 805 g/mol. The molecule has 0 heterocycles. The standard InChI is InChI=1S/C59H88O6/c1-4-7-10-13-16-19-22-25-27-28-29-30-32-34-37-40-43-46-49-52-58(61)64-55-56(54-63-57(60)51-48-45-42-39-36-33-24-21-18-15-12-9-6-3)65-59(62)53-50-47-44-41-38-35-31-26-23-20-17-14-11-8-5-2/h7-25,27-30,32,34,37,56H,4-6,26,31,33,35-36,38-55H2,1-3H3/b10-7+,11-8+,12-9+,16-13+,17-14+,18-15+,22-19+,23-20+,24-21+,27-25+,29-28+,32-30+,37-34+. The maximum absolute atomic E-state index is 12.8. The number of hydrogen-bond donors (Lipinski definition) is 0. The predicted molar refractivity (Wildman–Crippen MR) is 278 cm³/mol. The van der Waals surface area contributed by atoms with Crippen molar-refractivity contribution in [1.29, 1.82) is 0 Å². The SMILES string of the molecule is CC/C=C/C=C/C=C/C=C/C=C/C=C/C=C/CCCCCC(=O)OCC(COC(=O)CCCCCCC/C=C/C=C/C=C/CC)OC(=O)CCCCCCCCC/C=C/C=C/C=C/CC. The van der Waals surface area contributed by atoms with Crippen molar-refractivity contribution in [3.05, 3.63) is 158 Å². The highest BCUT2D eigenvalue weighted by Gasteiger charge is 2.19. The molecule has 0 radical (unpaired) electrons. The molecule has 0 rings (SSSR count). The van der Waals surface area contributed by atoms with Crippen molar-refractivity contribution >= 4 is 17.9 Å². The minimum atomic E-state index is -0.820. The van der Waals surface area contributed by atoms with Crippen LogP contribution in [-0.4, -0.2) is 37.2 Å². The van der Waals surface area contributed by atoms with E-state index in [0.29, 0.717) is 25.7 Å². The summed E-state index contributed by atoms with van der Waals surface area (Å²) in [4.78, 5) is 38.0. The van der Waals surface area contributed by atoms with Gasteiger partial charge >= 0.3 is 17.9 Å². The van der Waals surface area contributed by atoms with Gasteiger partial charge in [0.15, 0.2) is 6.10 Å². The second-order valence-electron chi connectivity index (χ2n) is 15.9. The molecule has 1 unspecified atom stereocenters. The Bertz CT molecular complexity index is 1540. The van der Waals surface area contributed by atoms with Gasteiger partial charge in [-0.15, -0.1) is 0 Å². The van der Waals surface area contributed by atoms with E-state index in [0.717, 1.165) is 109 Å². The summed E-state index contributed by atoms with van der Waals surface area (Å²) < 4.78 is 16.7. The molecule has 0 aliphatic carbocycles. The fourth-order valence-corrected chi connectivity index (χ4v) is 6.13. The topological polar surface area (TPSA) is 78.9 Å². The summed E-state index contributed by atoms with van der Waals surface area (Å²) in [5, 5.41) is 0. The molecule has 0 amide bonds. The first-order valence-corrected chi connectivity index (χ1v) is 25.2. The first-order chi connectivity index (χ1) is 32.0. The largest absolute Gasteiger partial charge is 0.462 e. The first kappa shape index (κ1) is 60.0. The smallest absolute Gasteiger partial charge is 0.306 e. The van der Waals surface area contributed by atoms with Crippen molar-refractivity contribution in [3.8, 4) is 0 Å². The van der Waals surface area contributed by atoms with Crippen molar-refractivity contribution < 1.29 is 28.6 Å². The van der Waals surface area contributed by atoms with E-state index in [2.05, 4.69) is 99.8 Å². The van der Waals surface area contributed by atoms with Crippen LogP contribution in [0.3, 0.4) is 0 Å². The molecule has 0 aromatic heterocycles. The summed E-state index contributed by atoms with van der Waals surface area (Å²) in [6, 6.07) is 0. The molecule has 0 N–H and O–H groups in total. The molecule has 65 heavy (non-hydrogen) atoms. The number of carbonyl (C=O) groups is 3. The average molecular weight is 893 g/mol. The number of allylic oxidation sites excluding steroid dienone is 26. The zero-order valence-electron chi connectivity index (χ0n) is 40.9. The normalized spacial score (nSPS) is 13.5. The number of unbranched alkanes of at least 4 members (excludes halogenated alkanes) is 15. The fraction of sp³-hybridized carbons (Fsp3) is 0.508. The Morgan fingerprint density at radius 2 is 0.554 bits per heavy atom. The Morgan fingerprint density at radius 1 is 0.308 bits per heavy atom. The Kier molecular flexibility index (Phi) is 47.7. The summed E-state index contributed by atoms with van der Waals surface area (Å²) in [5.41, 5.74) is 0. The molecule has 0 fully saturated rings. The molecule has 0 bridgehead atoms. The maximum atomic E-state index is 12.8. The van der Waals surface area contributed by atoms with Crippen LogP contribution in [0.4, 0.5) is 0 Å². The van der Waals surface area contributed by atoms with E-state index in [1.54, 1.807) is 0 Å². The highest BCUT2D eigenvalue weighted by Crippen LogP contribution is 2.13. The van der Waals surface area contributed by atoms with Gasteiger partial charge in [0.25, 0.3) is 0 Å². The highest BCUT2D eigenvalue weighted by atomic mass is 16.6. The van der Waals surface area contributed by atoms with Gasteiger partial charge in [-0.3, -0.25) is 14.4 Å². The molecule has 6 nitrogen and oxygen atoms in total. The Hall–Kier alpha value is -4.97. The molecule has 0 spiro atoms. The lowest BCUT2D eigenvalue weighted by atomic mass is 10.1. The van der Waals surface area contributed by atoms with Crippen LogP contribution in [0.2, 0.25) is 0 Å². The molecule has 0 saturated heterocycles. The molecule has 0 aromatic rings. The van der Waals surface area contributed by atoms with Crippen LogP contribution in [0.5, 0.6) is 0 Å². The molecule has 6 heteroatoms. The quantitative estimate of drug-likeness (QED) is 0.0263. The van der Waals surface area contributed by atoms with Crippen molar-refractivity contribution in [1.82, 2.24) is 0 Å². The van der Waals surface area contributed by atoms with Crippen LogP contribution in [0.25, 0.3) is 0 Å². The summed E-state index contributed by atoms with van der Waals surface area (Å²) in [7, 11) is 0. The van der Waals surface area contributed by atoms with E-state index < -0.39 is 6.10 Å². The van der Waals surface area contributed by atoms with Gasteiger partial charge in [0.1, 0.15) is 13.2 Å². The fourth-order valence-electron chi connectivity index (χ4n) is 6.13. The lowest BCUT2D eigenvalue weighted by Crippen LogP contribution is -2.30. The van der Waals surface area contributed by atoms with Gasteiger partial charge in [0, 0.05) is 19.3 Å². The molecule has 0 aliphatic rings. The van der Waals surface area contributed by atoms with Gasteiger partial charge in [0.05, 0.1) is 0 Å². The van der Waals surface area contributed by atoms with E-state index in [9.17, 15) is 14.4 Å². The monoisotopic (exact) mass is 893 g/mol. The predicted octanol–water partition coefficient (Wildman–Crippen LogP) is 16.6. The molecule has 0 aliphatic heterocycles. The van der Waals surface area contributed by atoms with E-state index in [-0.39, 0.29) is 31.1 Å². The number of ether oxygens (including phenoxy) is 3. The Balaban J connectivity index is 4.58. The number of carbonyl (C=O) groups excluding carboxylic acids is 3. The highest BCUT2D eigenvalue weighted by molar-refractivity contribution is 5.71. The summed E-state index contributed by atoms with van der Waals surface area (Å²) in [6.07, 6.45) is 75.0. The molecule has 0 saturated carbocycles. The minimum absolute atomic E-state index is 0.117. The molecule has 0 aromatic carbocycles. The van der Waals surface area contributed by atoms with Gasteiger partial charge in [0.2, 0.25) is 0 Å². The number of esters is 3. The zero-order valence-corrected chi connectivity index (χ0v) is 40.9. The van der Waals surface area contributed by atoms with Crippen LogP contribution in [-0.2, 0) is 28.6 Å². The third-order valence-electron chi connectivity index (χ3n) is 9.83. The van der Waals surface area contributed by atoms with Crippen molar-refractivity contribution in [3.63, 3.8) is 0 Å². The second-order valence-corrected chi connectivity index (χ2v) is 15.9. The third-order valence-corrected chi connectivity index (χ3v) is 9.83. The van der Waals surface area contributed by atoms with Gasteiger partial charge in [-0.25, -0.2) is 0 Å². The molecular formula is C59H88O6. The Morgan fingerprint density at radius 3 is 0.877 bits per heavy atom. The van der Waals surface area contributed by atoms with E-state index in [1.807, 2.05) is 79.0 Å². The van der Waals surface area contributed by atoms with Crippen LogP contribution >= 0.6 is 0 Å². The Labute approximate surface area is 397 Å². The van der Waals surface area contributed by atoms with Gasteiger partial charge in [-0.05, 0) is 77.0 Å². The summed E-state index contributed by atoms with van der Waals surface area (Å²) >= 11 is 0. The molecule has 1 atom stereocenters. The van der Waals surface area contributed by atoms with Crippen molar-refractivity contribution in [2.45, 2.75) is 181 Å². The average Bonchev–Trinajstić information content (AvgIpc) is 3.30. The number of hydrogen-bond acceptors (Lipinski definition) is 6. The van der Waals surface area contributed by atoms with E-state index in [1.165, 1.54) is 19.3 Å². The van der Waals surface area contributed by atoms with Crippen LogP contribution < -0.4 is 0 Å². The lowest BCUT2D eigenvalue weighted by molar-refractivity contribution is -0.167. The van der Waals surface area contributed by atoms with Gasteiger partial charge < -0.3 is 14.2 Å². The lowest BCUT2D eigenvalue weighted by Gasteiger charge is -2.18. The van der Waals surface area contributed by atoms with E-state index in [4.69, 9.17) is 14.2 Å². The summed E-state index contributed by atoms with van der Waals surface area (Å²) in [5.74, 6) is -1.01. The van der Waals surface area contributed by atoms with Crippen molar-refractivity contribution in [2.75, 3.05) is 13.2 Å². The number of rotatable bonds is 42. The minimum Gasteiger partial charge on any atom is -0.462 e. The van der Waals surface area contributed by atoms with Crippen LogP contribution in [0.15, 0.2) is 158 Å². The van der Waals surface area contributed by atoms with E-state index >= 15 is 0 Å². The molecule has 360 valence electrons. The van der Waals surface area contributed by atoms with Gasteiger partial charge in [-0.1, -0.05) is 237 Å². The third kappa shape index (κ3) is 49.9. The second kappa shape index (κ2) is 51.7.